The summed E-state index contributed by atoms with van der Waals surface area (Å²) in [4.78, 5) is 13.9. The molecule has 2 rings (SSSR count). The van der Waals surface area contributed by atoms with Gasteiger partial charge in [0.2, 0.25) is 0 Å². The Kier molecular flexibility index (Phi) is 4.51. The number of piperidine rings is 1. The van der Waals surface area contributed by atoms with E-state index in [1.54, 1.807) is 12.1 Å². The van der Waals surface area contributed by atoms with Crippen LogP contribution in [0.3, 0.4) is 0 Å². The van der Waals surface area contributed by atoms with Gasteiger partial charge in [0.15, 0.2) is 0 Å². The van der Waals surface area contributed by atoms with Gasteiger partial charge in [-0.2, -0.15) is 0 Å². The number of amides is 2. The molecule has 1 fully saturated rings. The number of carbonyl (C=O) groups excluding carboxylic acids is 1. The first kappa shape index (κ1) is 13.7. The topological polar surface area (TPSA) is 32.3 Å². The van der Waals surface area contributed by atoms with E-state index < -0.39 is 0 Å². The maximum atomic E-state index is 12.1. The van der Waals surface area contributed by atoms with Gasteiger partial charge in [0.1, 0.15) is 0 Å². The molecule has 2 amide bonds. The van der Waals surface area contributed by atoms with Crippen molar-refractivity contribution >= 4 is 39.2 Å². The fourth-order valence-electron chi connectivity index (χ4n) is 2.00. The molecule has 0 aromatic heterocycles. The van der Waals surface area contributed by atoms with Crippen LogP contribution in [0.15, 0.2) is 22.7 Å². The maximum Gasteiger partial charge on any atom is 0.321 e. The summed E-state index contributed by atoms with van der Waals surface area (Å²) in [6, 6.07) is 5.37. The number of halogens is 2. The van der Waals surface area contributed by atoms with E-state index in [2.05, 4.69) is 28.2 Å². The van der Waals surface area contributed by atoms with Crippen molar-refractivity contribution in [1.82, 2.24) is 4.90 Å². The average Bonchev–Trinajstić information content (AvgIpc) is 2.33. The zero-order chi connectivity index (χ0) is 13.1. The third-order valence-electron chi connectivity index (χ3n) is 3.24. The normalized spacial score (nSPS) is 16.7. The Balaban J connectivity index is 1.98. The van der Waals surface area contributed by atoms with E-state index >= 15 is 0 Å². The number of nitrogens with one attached hydrogen (secondary N) is 1. The average molecular weight is 332 g/mol. The summed E-state index contributed by atoms with van der Waals surface area (Å²) in [5.74, 6) is 0.713. The number of anilines is 1. The predicted molar refractivity (Wildman–Crippen MR) is 78.1 cm³/mol. The molecule has 1 heterocycles. The van der Waals surface area contributed by atoms with Gasteiger partial charge in [-0.05, 0) is 37.0 Å². The highest BCUT2D eigenvalue weighted by atomic mass is 79.9. The summed E-state index contributed by atoms with van der Waals surface area (Å²) < 4.78 is 0.900. The molecule has 0 radical (unpaired) electrons. The number of benzene rings is 1. The second kappa shape index (κ2) is 5.93. The van der Waals surface area contributed by atoms with Gasteiger partial charge in [-0.25, -0.2) is 4.79 Å². The molecule has 1 aromatic rings. The molecule has 1 N–H and O–H groups in total. The molecule has 1 aliphatic rings. The molecule has 3 nitrogen and oxygen atoms in total. The monoisotopic (exact) mass is 330 g/mol. The number of urea groups is 1. The largest absolute Gasteiger partial charge is 0.325 e. The third kappa shape index (κ3) is 3.39. The maximum absolute atomic E-state index is 12.1. The van der Waals surface area contributed by atoms with Crippen LogP contribution in [0.5, 0.6) is 0 Å². The highest BCUT2D eigenvalue weighted by molar-refractivity contribution is 9.10. The summed E-state index contributed by atoms with van der Waals surface area (Å²) in [6.45, 7) is 3.86. The first-order chi connectivity index (χ1) is 8.56. The minimum atomic E-state index is -0.0638. The van der Waals surface area contributed by atoms with E-state index in [0.29, 0.717) is 16.6 Å². The molecule has 0 unspecified atom stereocenters. The predicted octanol–water partition coefficient (Wildman–Crippen LogP) is 4.37. The van der Waals surface area contributed by atoms with Gasteiger partial charge in [-0.15, -0.1) is 0 Å². The van der Waals surface area contributed by atoms with Crippen molar-refractivity contribution in [1.29, 1.82) is 0 Å². The van der Waals surface area contributed by atoms with Crippen LogP contribution in [0.2, 0.25) is 5.02 Å². The molecule has 0 atom stereocenters. The Hall–Kier alpha value is -0.740. The SMILES string of the molecule is CC1CCN(C(=O)Nc2ccc(Br)cc2Cl)CC1. The molecule has 0 aliphatic carbocycles. The molecule has 1 saturated heterocycles. The minimum Gasteiger partial charge on any atom is -0.325 e. The van der Waals surface area contributed by atoms with E-state index in [1.807, 2.05) is 11.0 Å². The van der Waals surface area contributed by atoms with Crippen LogP contribution in [-0.4, -0.2) is 24.0 Å². The summed E-state index contributed by atoms with van der Waals surface area (Å²) in [5, 5.41) is 3.40. The molecule has 1 aliphatic heterocycles. The fraction of sp³-hybridized carbons (Fsp3) is 0.462. The van der Waals surface area contributed by atoms with Crippen LogP contribution in [-0.2, 0) is 0 Å². The number of hydrogen-bond donors (Lipinski definition) is 1. The Bertz CT molecular complexity index is 445. The van der Waals surface area contributed by atoms with E-state index in [1.165, 1.54) is 0 Å². The van der Waals surface area contributed by atoms with E-state index in [4.69, 9.17) is 11.6 Å². The fourth-order valence-corrected chi connectivity index (χ4v) is 2.72. The van der Waals surface area contributed by atoms with E-state index in [-0.39, 0.29) is 6.03 Å². The van der Waals surface area contributed by atoms with Crippen LogP contribution < -0.4 is 5.32 Å². The molecule has 0 bridgehead atoms. The van der Waals surface area contributed by atoms with E-state index in [0.717, 1.165) is 30.4 Å². The third-order valence-corrected chi connectivity index (χ3v) is 4.05. The van der Waals surface area contributed by atoms with Crippen LogP contribution in [0.25, 0.3) is 0 Å². The van der Waals surface area contributed by atoms with Crippen LogP contribution in [0, 0.1) is 5.92 Å². The van der Waals surface area contributed by atoms with Crippen LogP contribution in [0.4, 0.5) is 10.5 Å². The lowest BCUT2D eigenvalue weighted by Gasteiger charge is -2.30. The molecule has 1 aromatic carbocycles. The lowest BCUT2D eigenvalue weighted by Crippen LogP contribution is -2.40. The Morgan fingerprint density at radius 1 is 1.44 bits per heavy atom. The summed E-state index contributed by atoms with van der Waals surface area (Å²) in [5.41, 5.74) is 0.656. The quantitative estimate of drug-likeness (QED) is 0.814. The molecule has 0 spiro atoms. The van der Waals surface area contributed by atoms with Crippen molar-refractivity contribution in [3.05, 3.63) is 27.7 Å². The summed E-state index contributed by atoms with van der Waals surface area (Å²) in [7, 11) is 0. The van der Waals surface area contributed by atoms with Gasteiger partial charge < -0.3 is 10.2 Å². The molecule has 18 heavy (non-hydrogen) atoms. The van der Waals surface area contributed by atoms with Crippen molar-refractivity contribution < 1.29 is 4.79 Å². The standard InChI is InChI=1S/C13H16BrClN2O/c1-9-4-6-17(7-5-9)13(18)16-12-3-2-10(14)8-11(12)15/h2-3,8-9H,4-7H2,1H3,(H,16,18). The van der Waals surface area contributed by atoms with Gasteiger partial charge in [-0.1, -0.05) is 34.5 Å². The second-order valence-corrected chi connectivity index (χ2v) is 6.05. The Labute approximate surface area is 121 Å². The van der Waals surface area contributed by atoms with Crippen molar-refractivity contribution in [2.75, 3.05) is 18.4 Å². The van der Waals surface area contributed by atoms with Crippen molar-refractivity contribution in [2.24, 2.45) is 5.92 Å². The highest BCUT2D eigenvalue weighted by Gasteiger charge is 2.20. The summed E-state index contributed by atoms with van der Waals surface area (Å²) >= 11 is 9.41. The van der Waals surface area contributed by atoms with Crippen molar-refractivity contribution in [3.8, 4) is 0 Å². The lowest BCUT2D eigenvalue weighted by atomic mass is 10.00. The van der Waals surface area contributed by atoms with Gasteiger partial charge in [-0.3, -0.25) is 0 Å². The first-order valence-corrected chi connectivity index (χ1v) is 7.24. The number of likely N-dealkylation sites (tertiary alicyclic amines) is 1. The van der Waals surface area contributed by atoms with Crippen molar-refractivity contribution in [3.63, 3.8) is 0 Å². The minimum absolute atomic E-state index is 0.0638. The zero-order valence-corrected chi connectivity index (χ0v) is 12.6. The number of carbonyl (C=O) groups is 1. The van der Waals surface area contributed by atoms with Crippen molar-refractivity contribution in [2.45, 2.75) is 19.8 Å². The Morgan fingerprint density at radius 2 is 2.11 bits per heavy atom. The lowest BCUT2D eigenvalue weighted by molar-refractivity contribution is 0.186. The van der Waals surface area contributed by atoms with Gasteiger partial charge in [0.25, 0.3) is 0 Å². The first-order valence-electron chi connectivity index (χ1n) is 6.07. The summed E-state index contributed by atoms with van der Waals surface area (Å²) in [6.07, 6.45) is 2.14. The van der Waals surface area contributed by atoms with Crippen LogP contribution >= 0.6 is 27.5 Å². The second-order valence-electron chi connectivity index (χ2n) is 4.72. The molecular weight excluding hydrogens is 316 g/mol. The van der Waals surface area contributed by atoms with E-state index in [9.17, 15) is 4.79 Å². The van der Waals surface area contributed by atoms with Crippen LogP contribution in [0.1, 0.15) is 19.8 Å². The number of rotatable bonds is 1. The zero-order valence-electron chi connectivity index (χ0n) is 10.2. The van der Waals surface area contributed by atoms with Gasteiger partial charge >= 0.3 is 6.03 Å². The molecule has 5 heteroatoms. The molecule has 0 saturated carbocycles. The van der Waals surface area contributed by atoms with Gasteiger partial charge in [0, 0.05) is 17.6 Å². The molecular formula is C13H16BrClN2O. The number of hydrogen-bond acceptors (Lipinski definition) is 1. The van der Waals surface area contributed by atoms with Gasteiger partial charge in [0.05, 0.1) is 10.7 Å². The number of nitrogens with zero attached hydrogens (tertiary/aromatic N) is 1. The molecule has 98 valence electrons. The smallest absolute Gasteiger partial charge is 0.321 e. The Morgan fingerprint density at radius 3 is 2.72 bits per heavy atom. The highest BCUT2D eigenvalue weighted by Crippen LogP contribution is 2.26.